The number of esters is 2. The molecule has 0 bridgehead atoms. The molecule has 0 saturated heterocycles. The highest BCUT2D eigenvalue weighted by molar-refractivity contribution is 5.91. The van der Waals surface area contributed by atoms with Gasteiger partial charge in [-0.15, -0.1) is 0 Å². The minimum atomic E-state index is -0.367. The molecule has 0 aliphatic heterocycles. The van der Waals surface area contributed by atoms with Crippen LogP contribution >= 0.6 is 0 Å². The van der Waals surface area contributed by atoms with Crippen LogP contribution in [0.3, 0.4) is 0 Å². The van der Waals surface area contributed by atoms with Crippen LogP contribution in [-0.2, 0) is 9.47 Å². The average molecular weight is 400 g/mol. The Morgan fingerprint density at radius 3 is 1.23 bits per heavy atom. The first-order valence-corrected chi connectivity index (χ1v) is 9.14. The van der Waals surface area contributed by atoms with Crippen LogP contribution in [-0.4, -0.2) is 38.6 Å². The fourth-order valence-electron chi connectivity index (χ4n) is 2.57. The maximum Gasteiger partial charge on any atom is 0.337 e. The van der Waals surface area contributed by atoms with Gasteiger partial charge in [0.15, 0.2) is 0 Å². The molecule has 6 heteroatoms. The second-order valence-corrected chi connectivity index (χ2v) is 6.26. The predicted octanol–water partition coefficient (Wildman–Crippen LogP) is 4.76. The second kappa shape index (κ2) is 9.93. The molecule has 0 atom stereocenters. The third kappa shape index (κ3) is 5.48. The molecule has 30 heavy (non-hydrogen) atoms. The Labute approximate surface area is 174 Å². The quantitative estimate of drug-likeness (QED) is 0.441. The van der Waals surface area contributed by atoms with E-state index in [-0.39, 0.29) is 11.9 Å². The van der Waals surface area contributed by atoms with Crippen molar-refractivity contribution in [1.82, 2.24) is 0 Å². The normalized spacial score (nSPS) is 11.0. The average Bonchev–Trinajstić information content (AvgIpc) is 2.81. The number of methoxy groups -OCH3 is 2. The van der Waals surface area contributed by atoms with E-state index in [9.17, 15) is 9.59 Å². The molecule has 0 unspecified atom stereocenters. The van der Waals surface area contributed by atoms with Crippen molar-refractivity contribution < 1.29 is 19.1 Å². The summed E-state index contributed by atoms with van der Waals surface area (Å²) in [5, 5.41) is 0. The van der Waals surface area contributed by atoms with Gasteiger partial charge in [-0.25, -0.2) is 9.59 Å². The Morgan fingerprint density at radius 2 is 0.933 bits per heavy atom. The molecule has 150 valence electrons. The monoisotopic (exact) mass is 400 g/mol. The van der Waals surface area contributed by atoms with Crippen LogP contribution in [0.1, 0.15) is 31.8 Å². The van der Waals surface area contributed by atoms with E-state index in [1.807, 2.05) is 24.3 Å². The van der Waals surface area contributed by atoms with Crippen LogP contribution in [0.4, 0.5) is 11.4 Å². The molecule has 0 heterocycles. The van der Waals surface area contributed by atoms with E-state index in [0.29, 0.717) is 11.1 Å². The Morgan fingerprint density at radius 1 is 0.600 bits per heavy atom. The van der Waals surface area contributed by atoms with E-state index in [1.54, 1.807) is 61.0 Å². The van der Waals surface area contributed by atoms with E-state index in [1.165, 1.54) is 14.2 Å². The lowest BCUT2D eigenvalue weighted by molar-refractivity contribution is 0.0592. The maximum absolute atomic E-state index is 11.4. The summed E-state index contributed by atoms with van der Waals surface area (Å²) in [6.07, 6.45) is 3.45. The molecule has 0 saturated carbocycles. The summed E-state index contributed by atoms with van der Waals surface area (Å²) in [6.45, 7) is 0. The molecule has 3 aromatic rings. The Bertz CT molecular complexity index is 979. The zero-order valence-corrected chi connectivity index (χ0v) is 16.6. The number of carbonyl (C=O) groups excluding carboxylic acids is 2. The van der Waals surface area contributed by atoms with Crippen molar-refractivity contribution in [2.24, 2.45) is 9.98 Å². The first kappa shape index (κ1) is 20.7. The van der Waals surface area contributed by atoms with E-state index in [4.69, 9.17) is 0 Å². The van der Waals surface area contributed by atoms with Gasteiger partial charge in [-0.05, 0) is 59.7 Å². The number of ether oxygens (including phenoxy) is 2. The molecule has 0 fully saturated rings. The van der Waals surface area contributed by atoms with Crippen LogP contribution in [0.2, 0.25) is 0 Å². The number of nitrogens with zero attached hydrogens (tertiary/aromatic N) is 2. The van der Waals surface area contributed by atoms with Gasteiger partial charge in [0.1, 0.15) is 0 Å². The zero-order valence-electron chi connectivity index (χ0n) is 16.6. The highest BCUT2D eigenvalue weighted by atomic mass is 16.5. The summed E-state index contributed by atoms with van der Waals surface area (Å²) >= 11 is 0. The Balaban J connectivity index is 1.62. The van der Waals surface area contributed by atoms with Crippen LogP contribution in [0.25, 0.3) is 0 Å². The Kier molecular flexibility index (Phi) is 6.84. The molecule has 0 amide bonds. The second-order valence-electron chi connectivity index (χ2n) is 6.26. The van der Waals surface area contributed by atoms with Crippen LogP contribution < -0.4 is 0 Å². The summed E-state index contributed by atoms with van der Waals surface area (Å²) in [6, 6.07) is 21.5. The van der Waals surface area contributed by atoms with E-state index in [0.717, 1.165) is 22.5 Å². The summed E-state index contributed by atoms with van der Waals surface area (Å²) < 4.78 is 9.36. The van der Waals surface area contributed by atoms with Gasteiger partial charge in [-0.2, -0.15) is 0 Å². The first-order valence-electron chi connectivity index (χ1n) is 9.14. The highest BCUT2D eigenvalue weighted by Gasteiger charge is 2.04. The fourth-order valence-corrected chi connectivity index (χ4v) is 2.57. The van der Waals surface area contributed by atoms with Crippen molar-refractivity contribution in [3.05, 3.63) is 95.1 Å². The predicted molar refractivity (Wildman–Crippen MR) is 117 cm³/mol. The summed E-state index contributed by atoms with van der Waals surface area (Å²) in [5.41, 5.74) is 4.32. The van der Waals surface area contributed by atoms with Gasteiger partial charge in [-0.3, -0.25) is 9.98 Å². The van der Waals surface area contributed by atoms with Crippen molar-refractivity contribution in [3.63, 3.8) is 0 Å². The van der Waals surface area contributed by atoms with Gasteiger partial charge < -0.3 is 9.47 Å². The number of hydrogen-bond donors (Lipinski definition) is 0. The minimum absolute atomic E-state index is 0.367. The van der Waals surface area contributed by atoms with Crippen LogP contribution in [0.15, 0.2) is 82.8 Å². The van der Waals surface area contributed by atoms with Crippen LogP contribution in [0.5, 0.6) is 0 Å². The SMILES string of the molecule is COC(=O)c1ccc(C=Nc2ccc(N=Cc3ccc(C(=O)OC)cc3)cc2)cc1. The van der Waals surface area contributed by atoms with Crippen molar-refractivity contribution in [2.75, 3.05) is 14.2 Å². The third-order valence-electron chi connectivity index (χ3n) is 4.24. The first-order chi connectivity index (χ1) is 14.6. The van der Waals surface area contributed by atoms with Gasteiger partial charge in [0, 0.05) is 12.4 Å². The smallest absolute Gasteiger partial charge is 0.337 e. The minimum Gasteiger partial charge on any atom is -0.465 e. The lowest BCUT2D eigenvalue weighted by Gasteiger charge is -2.00. The number of carbonyl (C=O) groups is 2. The van der Waals surface area contributed by atoms with E-state index >= 15 is 0 Å². The molecule has 6 nitrogen and oxygen atoms in total. The fraction of sp³-hybridized carbons (Fsp3) is 0.0833. The summed E-state index contributed by atoms with van der Waals surface area (Å²) in [7, 11) is 2.71. The molecular weight excluding hydrogens is 380 g/mol. The van der Waals surface area contributed by atoms with Gasteiger partial charge in [-0.1, -0.05) is 24.3 Å². The molecule has 3 rings (SSSR count). The molecule has 0 aromatic heterocycles. The zero-order chi connectivity index (χ0) is 21.3. The van der Waals surface area contributed by atoms with E-state index in [2.05, 4.69) is 19.5 Å². The molecule has 0 N–H and O–H groups in total. The Hall–Kier alpha value is -4.06. The van der Waals surface area contributed by atoms with Gasteiger partial charge in [0.05, 0.1) is 36.7 Å². The number of benzene rings is 3. The molecule has 0 radical (unpaired) electrons. The van der Waals surface area contributed by atoms with Crippen LogP contribution in [0, 0.1) is 0 Å². The lowest BCUT2D eigenvalue weighted by Crippen LogP contribution is -2.00. The largest absolute Gasteiger partial charge is 0.465 e. The molecule has 3 aromatic carbocycles. The molecule has 0 aliphatic carbocycles. The maximum atomic E-state index is 11.4. The van der Waals surface area contributed by atoms with Crippen molar-refractivity contribution in [2.45, 2.75) is 0 Å². The topological polar surface area (TPSA) is 77.3 Å². The molecular formula is C24H20N2O4. The highest BCUT2D eigenvalue weighted by Crippen LogP contribution is 2.19. The van der Waals surface area contributed by atoms with Crippen molar-refractivity contribution in [1.29, 1.82) is 0 Å². The van der Waals surface area contributed by atoms with Gasteiger partial charge in [0.25, 0.3) is 0 Å². The summed E-state index contributed by atoms with van der Waals surface area (Å²) in [5.74, 6) is -0.733. The van der Waals surface area contributed by atoms with Crippen molar-refractivity contribution in [3.8, 4) is 0 Å². The lowest BCUT2D eigenvalue weighted by atomic mass is 10.1. The standard InChI is InChI=1S/C24H20N2O4/c1-29-23(27)19-7-3-17(4-8-19)15-25-21-11-13-22(14-12-21)26-16-18-5-9-20(10-6-18)24(28)30-2/h3-16H,1-2H3. The van der Waals surface area contributed by atoms with E-state index < -0.39 is 0 Å². The summed E-state index contributed by atoms with van der Waals surface area (Å²) in [4.78, 5) is 31.8. The molecule has 0 spiro atoms. The van der Waals surface area contributed by atoms with Gasteiger partial charge in [0.2, 0.25) is 0 Å². The molecule has 0 aliphatic rings. The number of aliphatic imine (C=N–C) groups is 2. The van der Waals surface area contributed by atoms with Gasteiger partial charge >= 0.3 is 11.9 Å². The third-order valence-corrected chi connectivity index (χ3v) is 4.24. The number of rotatable bonds is 6. The van der Waals surface area contributed by atoms with Crippen molar-refractivity contribution >= 4 is 35.7 Å². The number of hydrogen-bond acceptors (Lipinski definition) is 6.